The third-order valence-electron chi connectivity index (χ3n) is 6.94. The van der Waals surface area contributed by atoms with Crippen molar-refractivity contribution in [2.45, 2.75) is 25.4 Å². The zero-order valence-corrected chi connectivity index (χ0v) is 22.6. The lowest BCUT2D eigenvalue weighted by atomic mass is 9.97. The van der Waals surface area contributed by atoms with Crippen LogP contribution in [-0.2, 0) is 16.0 Å². The van der Waals surface area contributed by atoms with E-state index in [1.807, 2.05) is 30.3 Å². The van der Waals surface area contributed by atoms with Gasteiger partial charge in [0.05, 0.1) is 37.3 Å². The number of nitrogens with zero attached hydrogens (tertiary/aromatic N) is 4. The summed E-state index contributed by atoms with van der Waals surface area (Å²) in [5.74, 6) is 2.37. The molecule has 2 aliphatic heterocycles. The molecule has 2 N–H and O–H groups in total. The topological polar surface area (TPSA) is 122 Å². The van der Waals surface area contributed by atoms with Crippen molar-refractivity contribution in [1.29, 1.82) is 0 Å². The number of anilines is 1. The quantitative estimate of drug-likeness (QED) is 0.385. The lowest BCUT2D eigenvalue weighted by Gasteiger charge is -2.29. The van der Waals surface area contributed by atoms with Crippen molar-refractivity contribution in [2.24, 2.45) is 0 Å². The van der Waals surface area contributed by atoms with Gasteiger partial charge in [0.1, 0.15) is 27.8 Å². The van der Waals surface area contributed by atoms with E-state index in [2.05, 4.69) is 9.97 Å². The summed E-state index contributed by atoms with van der Waals surface area (Å²) in [6.45, 7) is 4.46. The van der Waals surface area contributed by atoms with E-state index < -0.39 is 6.10 Å². The molecule has 0 saturated carbocycles. The van der Waals surface area contributed by atoms with Gasteiger partial charge in [-0.15, -0.1) is 11.3 Å². The van der Waals surface area contributed by atoms with E-state index in [1.165, 1.54) is 0 Å². The van der Waals surface area contributed by atoms with E-state index in [-0.39, 0.29) is 17.8 Å². The molecule has 4 heterocycles. The molecule has 2 atom stereocenters. The molecule has 2 unspecified atom stereocenters. The van der Waals surface area contributed by atoms with Crippen LogP contribution in [0.3, 0.4) is 0 Å². The second-order valence-electron chi connectivity index (χ2n) is 9.56. The first-order valence-corrected chi connectivity index (χ1v) is 13.7. The summed E-state index contributed by atoms with van der Waals surface area (Å²) in [7, 11) is 1.66. The molecule has 0 aliphatic carbocycles. The van der Waals surface area contributed by atoms with Crippen LogP contribution in [0, 0.1) is 0 Å². The van der Waals surface area contributed by atoms with Crippen LogP contribution < -0.4 is 19.9 Å². The van der Waals surface area contributed by atoms with E-state index in [0.717, 1.165) is 38.8 Å². The molecule has 2 aromatic carbocycles. The molecular weight excluding hydrogens is 518 g/mol. The Morgan fingerprint density at radius 2 is 2.03 bits per heavy atom. The number of nitrogens with two attached hydrogens (primary N) is 1. The Hall–Kier alpha value is -3.96. The van der Waals surface area contributed by atoms with Crippen LogP contribution in [0.5, 0.6) is 17.2 Å². The number of carbonyl (C=O) groups excluding carboxylic acids is 1. The normalized spacial score (nSPS) is 17.8. The first kappa shape index (κ1) is 25.3. The average Bonchev–Trinajstić information content (AvgIpc) is 3.41. The molecule has 2 aromatic heterocycles. The van der Waals surface area contributed by atoms with Gasteiger partial charge in [-0.1, -0.05) is 0 Å². The fourth-order valence-electron chi connectivity index (χ4n) is 4.90. The number of benzene rings is 2. The van der Waals surface area contributed by atoms with Crippen LogP contribution in [0.25, 0.3) is 21.5 Å². The van der Waals surface area contributed by atoms with E-state index >= 15 is 0 Å². The highest BCUT2D eigenvalue weighted by atomic mass is 32.1. The maximum atomic E-state index is 13.1. The molecule has 2 aliphatic rings. The highest BCUT2D eigenvalue weighted by Gasteiger charge is 2.28. The zero-order valence-electron chi connectivity index (χ0n) is 21.8. The Morgan fingerprint density at radius 3 is 2.82 bits per heavy atom. The van der Waals surface area contributed by atoms with Crippen molar-refractivity contribution in [3.63, 3.8) is 0 Å². The minimum absolute atomic E-state index is 0.0698. The number of ether oxygens (including phenoxy) is 4. The number of hydrogen-bond donors (Lipinski definition) is 1. The van der Waals surface area contributed by atoms with E-state index in [9.17, 15) is 4.79 Å². The van der Waals surface area contributed by atoms with Crippen LogP contribution in [0.1, 0.15) is 23.4 Å². The van der Waals surface area contributed by atoms with E-state index in [4.69, 9.17) is 29.7 Å². The van der Waals surface area contributed by atoms with Crippen LogP contribution >= 0.6 is 11.3 Å². The number of carbonyl (C=O) groups is 1. The van der Waals surface area contributed by atoms with Gasteiger partial charge in [0.25, 0.3) is 5.91 Å². The molecule has 1 saturated heterocycles. The van der Waals surface area contributed by atoms with Gasteiger partial charge >= 0.3 is 0 Å². The van der Waals surface area contributed by atoms with Gasteiger partial charge in [-0.3, -0.25) is 4.79 Å². The number of methoxy groups -OCH3 is 1. The lowest BCUT2D eigenvalue weighted by molar-refractivity contribution is -0.142. The second-order valence-corrected chi connectivity index (χ2v) is 10.6. The molecule has 10 nitrogen and oxygen atoms in total. The van der Waals surface area contributed by atoms with Gasteiger partial charge in [-0.25, -0.2) is 15.0 Å². The number of morpholine rings is 1. The largest absolute Gasteiger partial charge is 0.497 e. The lowest BCUT2D eigenvalue weighted by Crippen LogP contribution is -2.46. The predicted octanol–water partition coefficient (Wildman–Crippen LogP) is 3.69. The minimum Gasteiger partial charge on any atom is -0.497 e. The number of fused-ring (bicyclic) bond motifs is 2. The predicted molar refractivity (Wildman–Crippen MR) is 147 cm³/mol. The molecule has 4 aromatic rings. The number of nitrogen functional groups attached to an aromatic ring is 1. The first-order valence-electron chi connectivity index (χ1n) is 12.8. The Balaban J connectivity index is 1.35. The Labute approximate surface area is 229 Å². The van der Waals surface area contributed by atoms with Crippen molar-refractivity contribution >= 4 is 33.4 Å². The van der Waals surface area contributed by atoms with Crippen molar-refractivity contribution in [2.75, 3.05) is 45.8 Å². The third-order valence-corrected chi connectivity index (χ3v) is 8.11. The number of amides is 1. The molecule has 202 valence electrons. The number of rotatable bonds is 6. The van der Waals surface area contributed by atoms with Gasteiger partial charge in [0, 0.05) is 30.8 Å². The monoisotopic (exact) mass is 547 g/mol. The molecule has 0 radical (unpaired) electrons. The smallest absolute Gasteiger partial charge is 0.263 e. The van der Waals surface area contributed by atoms with Crippen LogP contribution in [0.2, 0.25) is 0 Å². The zero-order chi connectivity index (χ0) is 26.9. The van der Waals surface area contributed by atoms with Crippen LogP contribution in [0.4, 0.5) is 5.95 Å². The summed E-state index contributed by atoms with van der Waals surface area (Å²) in [6, 6.07) is 11.6. The summed E-state index contributed by atoms with van der Waals surface area (Å²) < 4.78 is 24.1. The van der Waals surface area contributed by atoms with E-state index in [0.29, 0.717) is 49.9 Å². The van der Waals surface area contributed by atoms with Crippen molar-refractivity contribution < 1.29 is 23.7 Å². The maximum Gasteiger partial charge on any atom is 0.263 e. The Morgan fingerprint density at radius 1 is 1.18 bits per heavy atom. The van der Waals surface area contributed by atoms with E-state index in [1.54, 1.807) is 42.5 Å². The fraction of sp³-hybridized carbons (Fsp3) is 0.357. The Bertz CT molecular complexity index is 1520. The molecule has 1 amide bonds. The van der Waals surface area contributed by atoms with Crippen molar-refractivity contribution in [3.8, 4) is 28.5 Å². The highest BCUT2D eigenvalue weighted by Crippen LogP contribution is 2.41. The van der Waals surface area contributed by atoms with Gasteiger partial charge in [0.2, 0.25) is 5.95 Å². The first-order chi connectivity index (χ1) is 19.0. The summed E-state index contributed by atoms with van der Waals surface area (Å²) >= 11 is 1.59. The van der Waals surface area contributed by atoms with Gasteiger partial charge in [0.15, 0.2) is 6.10 Å². The summed E-state index contributed by atoms with van der Waals surface area (Å²) in [5, 5.41) is 0.940. The molecule has 11 heteroatoms. The van der Waals surface area contributed by atoms with Crippen LogP contribution in [0.15, 0.2) is 42.6 Å². The Kier molecular flexibility index (Phi) is 6.92. The minimum atomic E-state index is -0.695. The molecule has 6 rings (SSSR count). The summed E-state index contributed by atoms with van der Waals surface area (Å²) in [4.78, 5) is 28.3. The summed E-state index contributed by atoms with van der Waals surface area (Å²) in [5.41, 5.74) is 9.13. The van der Waals surface area contributed by atoms with Gasteiger partial charge in [-0.2, -0.15) is 0 Å². The summed E-state index contributed by atoms with van der Waals surface area (Å²) in [6.07, 6.45) is 1.71. The average molecular weight is 548 g/mol. The molecule has 0 bridgehead atoms. The third kappa shape index (κ3) is 5.19. The van der Waals surface area contributed by atoms with Crippen molar-refractivity contribution in [1.82, 2.24) is 19.9 Å². The molecule has 1 fully saturated rings. The van der Waals surface area contributed by atoms with Gasteiger partial charge < -0.3 is 29.6 Å². The maximum absolute atomic E-state index is 13.1. The number of hydrogen-bond acceptors (Lipinski definition) is 10. The molecular formula is C28H29N5O5S. The standard InChI is InChI=1S/C28H29N5O5S/c1-16(27(34)33-7-9-36-10-8-33)38-23-13-17(21-5-6-30-28(29)31-21)14-24-25(23)32-26(39-24)19-11-18-12-20(35-2)3-4-22(18)37-15-19/h3-6,12-14,16,19H,7-11,15H2,1-2H3,(H2,29,30,31). The highest BCUT2D eigenvalue weighted by molar-refractivity contribution is 7.18. The fourth-order valence-corrected chi connectivity index (χ4v) is 6.01. The molecule has 39 heavy (non-hydrogen) atoms. The molecule has 0 spiro atoms. The van der Waals surface area contributed by atoms with Crippen molar-refractivity contribution in [3.05, 3.63) is 53.2 Å². The SMILES string of the molecule is COc1ccc2c(c1)CC(c1nc3c(OC(C)C(=O)N4CCOCC4)cc(-c4ccnc(N)n4)cc3s1)CO2. The number of aromatic nitrogens is 3. The second kappa shape index (κ2) is 10.7. The van der Waals surface area contributed by atoms with Gasteiger partial charge in [-0.05, 0) is 55.3 Å². The number of thiazole rings is 1. The van der Waals surface area contributed by atoms with Crippen LogP contribution in [-0.4, -0.2) is 71.9 Å².